The van der Waals surface area contributed by atoms with E-state index in [0.717, 1.165) is 18.4 Å². The van der Waals surface area contributed by atoms with Crippen molar-refractivity contribution in [2.24, 2.45) is 0 Å². The van der Waals surface area contributed by atoms with E-state index in [0.29, 0.717) is 30.5 Å². The van der Waals surface area contributed by atoms with Gasteiger partial charge in [0.1, 0.15) is 11.9 Å². The first kappa shape index (κ1) is 15.4. The van der Waals surface area contributed by atoms with E-state index in [1.807, 2.05) is 25.1 Å². The Bertz CT molecular complexity index is 534. The van der Waals surface area contributed by atoms with E-state index >= 15 is 0 Å². The number of rotatable bonds is 8. The van der Waals surface area contributed by atoms with E-state index in [2.05, 4.69) is 6.92 Å². The van der Waals surface area contributed by atoms with Crippen LogP contribution in [0.4, 0.5) is 0 Å². The Balaban J connectivity index is 2.22. The van der Waals surface area contributed by atoms with Gasteiger partial charge in [-0.15, -0.1) is 0 Å². The summed E-state index contributed by atoms with van der Waals surface area (Å²) in [5.74, 6) is 1.88. The number of hydrogen-bond donors (Lipinski definition) is 1. The van der Waals surface area contributed by atoms with Gasteiger partial charge in [-0.25, -0.2) is 0 Å². The lowest BCUT2D eigenvalue weighted by Crippen LogP contribution is -2.04. The maximum atomic E-state index is 10.3. The zero-order valence-corrected chi connectivity index (χ0v) is 12.5. The van der Waals surface area contributed by atoms with Gasteiger partial charge in [-0.05, 0) is 42.7 Å². The predicted octanol–water partition coefficient (Wildman–Crippen LogP) is 3.94. The van der Waals surface area contributed by atoms with Crippen molar-refractivity contribution in [2.75, 3.05) is 13.2 Å². The van der Waals surface area contributed by atoms with Gasteiger partial charge in [0.05, 0.1) is 19.5 Å². The molecular formula is C17H22O4. The molecule has 1 aromatic heterocycles. The second-order valence-electron chi connectivity index (χ2n) is 4.82. The molecule has 0 saturated heterocycles. The van der Waals surface area contributed by atoms with Gasteiger partial charge in [-0.3, -0.25) is 0 Å². The first-order valence-corrected chi connectivity index (χ1v) is 7.37. The highest BCUT2D eigenvalue weighted by Crippen LogP contribution is 2.33. The second-order valence-corrected chi connectivity index (χ2v) is 4.82. The fourth-order valence-corrected chi connectivity index (χ4v) is 1.96. The average molecular weight is 290 g/mol. The molecule has 1 N–H and O–H groups in total. The fraction of sp³-hybridized carbons (Fsp3) is 0.412. The molecular weight excluding hydrogens is 268 g/mol. The summed E-state index contributed by atoms with van der Waals surface area (Å²) in [5, 5.41) is 10.3. The van der Waals surface area contributed by atoms with Crippen LogP contribution in [0.25, 0.3) is 0 Å². The number of aliphatic hydroxyl groups is 1. The molecule has 0 aliphatic carbocycles. The molecule has 0 bridgehead atoms. The maximum Gasteiger partial charge on any atom is 0.161 e. The monoisotopic (exact) mass is 290 g/mol. The molecule has 4 heteroatoms. The Kier molecular flexibility index (Phi) is 5.69. The predicted molar refractivity (Wildman–Crippen MR) is 80.8 cm³/mol. The summed E-state index contributed by atoms with van der Waals surface area (Å²) in [4.78, 5) is 0. The topological polar surface area (TPSA) is 51.8 Å². The van der Waals surface area contributed by atoms with Crippen LogP contribution in [0.15, 0.2) is 41.0 Å². The first-order chi connectivity index (χ1) is 10.3. The minimum Gasteiger partial charge on any atom is -0.490 e. The van der Waals surface area contributed by atoms with Crippen molar-refractivity contribution in [1.82, 2.24) is 0 Å². The maximum absolute atomic E-state index is 10.3. The molecule has 1 heterocycles. The average Bonchev–Trinajstić information content (AvgIpc) is 3.04. The van der Waals surface area contributed by atoms with E-state index in [1.54, 1.807) is 18.4 Å². The highest BCUT2D eigenvalue weighted by Gasteiger charge is 2.16. The van der Waals surface area contributed by atoms with Crippen molar-refractivity contribution in [2.45, 2.75) is 32.8 Å². The largest absolute Gasteiger partial charge is 0.490 e. The molecule has 2 aromatic rings. The highest BCUT2D eigenvalue weighted by molar-refractivity contribution is 5.44. The van der Waals surface area contributed by atoms with Gasteiger partial charge in [0.2, 0.25) is 0 Å². The molecule has 0 radical (unpaired) electrons. The van der Waals surface area contributed by atoms with Gasteiger partial charge < -0.3 is 19.0 Å². The molecule has 2 rings (SSSR count). The van der Waals surface area contributed by atoms with Crippen LogP contribution in [-0.2, 0) is 0 Å². The van der Waals surface area contributed by atoms with E-state index in [9.17, 15) is 5.11 Å². The smallest absolute Gasteiger partial charge is 0.161 e. The Morgan fingerprint density at radius 2 is 1.76 bits per heavy atom. The molecule has 4 nitrogen and oxygen atoms in total. The Morgan fingerprint density at radius 1 is 1.05 bits per heavy atom. The Labute approximate surface area is 125 Å². The number of aliphatic hydroxyl groups excluding tert-OH is 1. The number of ether oxygens (including phenoxy) is 2. The molecule has 21 heavy (non-hydrogen) atoms. The molecule has 0 aliphatic heterocycles. The van der Waals surface area contributed by atoms with Crippen molar-refractivity contribution < 1.29 is 19.0 Å². The fourth-order valence-electron chi connectivity index (χ4n) is 1.96. The van der Waals surface area contributed by atoms with E-state index in [1.165, 1.54) is 0 Å². The van der Waals surface area contributed by atoms with Crippen molar-refractivity contribution >= 4 is 0 Å². The number of furan rings is 1. The molecule has 1 unspecified atom stereocenters. The molecule has 0 fully saturated rings. The van der Waals surface area contributed by atoms with Gasteiger partial charge in [-0.1, -0.05) is 19.9 Å². The van der Waals surface area contributed by atoms with Gasteiger partial charge in [0.15, 0.2) is 11.5 Å². The molecule has 0 aliphatic rings. The summed E-state index contributed by atoms with van der Waals surface area (Å²) in [6.07, 6.45) is 2.60. The third-order valence-corrected chi connectivity index (χ3v) is 3.02. The minimum atomic E-state index is -0.802. The van der Waals surface area contributed by atoms with E-state index < -0.39 is 6.10 Å². The SMILES string of the molecule is CCCOc1ccc(C(O)c2ccco2)cc1OCCC. The van der Waals surface area contributed by atoms with E-state index in [-0.39, 0.29) is 0 Å². The highest BCUT2D eigenvalue weighted by atomic mass is 16.5. The Morgan fingerprint density at radius 3 is 2.38 bits per heavy atom. The van der Waals surface area contributed by atoms with Crippen molar-refractivity contribution in [3.05, 3.63) is 47.9 Å². The van der Waals surface area contributed by atoms with Crippen LogP contribution in [0.5, 0.6) is 11.5 Å². The van der Waals surface area contributed by atoms with Gasteiger partial charge in [0.25, 0.3) is 0 Å². The lowest BCUT2D eigenvalue weighted by molar-refractivity contribution is 0.188. The lowest BCUT2D eigenvalue weighted by atomic mass is 10.1. The summed E-state index contributed by atoms with van der Waals surface area (Å²) in [5.41, 5.74) is 0.722. The van der Waals surface area contributed by atoms with Crippen LogP contribution >= 0.6 is 0 Å². The van der Waals surface area contributed by atoms with Gasteiger partial charge in [-0.2, -0.15) is 0 Å². The summed E-state index contributed by atoms with van der Waals surface area (Å²) < 4.78 is 16.6. The standard InChI is InChI=1S/C17H22O4/c1-3-9-19-14-8-7-13(12-16(14)20-10-4-2)17(18)15-6-5-11-21-15/h5-8,11-12,17-18H,3-4,9-10H2,1-2H3. The van der Waals surface area contributed by atoms with Crippen LogP contribution < -0.4 is 9.47 Å². The first-order valence-electron chi connectivity index (χ1n) is 7.37. The minimum absolute atomic E-state index is 0.513. The van der Waals surface area contributed by atoms with Crippen molar-refractivity contribution in [3.63, 3.8) is 0 Å². The molecule has 114 valence electrons. The summed E-state index contributed by atoms with van der Waals surface area (Å²) >= 11 is 0. The molecule has 0 saturated carbocycles. The molecule has 1 aromatic carbocycles. The zero-order chi connectivity index (χ0) is 15.1. The second kappa shape index (κ2) is 7.74. The third kappa shape index (κ3) is 4.02. The van der Waals surface area contributed by atoms with Gasteiger partial charge >= 0.3 is 0 Å². The zero-order valence-electron chi connectivity index (χ0n) is 12.5. The molecule has 0 amide bonds. The normalized spacial score (nSPS) is 12.1. The lowest BCUT2D eigenvalue weighted by Gasteiger charge is -2.15. The summed E-state index contributed by atoms with van der Waals surface area (Å²) in [6, 6.07) is 8.98. The van der Waals surface area contributed by atoms with Crippen LogP contribution in [0, 0.1) is 0 Å². The number of benzene rings is 1. The molecule has 1 atom stereocenters. The van der Waals surface area contributed by atoms with Gasteiger partial charge in [0, 0.05) is 0 Å². The summed E-state index contributed by atoms with van der Waals surface area (Å²) in [7, 11) is 0. The number of hydrogen-bond acceptors (Lipinski definition) is 4. The van der Waals surface area contributed by atoms with Crippen LogP contribution in [0.1, 0.15) is 44.1 Å². The molecule has 0 spiro atoms. The summed E-state index contributed by atoms with van der Waals surface area (Å²) in [6.45, 7) is 5.36. The Hall–Kier alpha value is -1.94. The third-order valence-electron chi connectivity index (χ3n) is 3.02. The van der Waals surface area contributed by atoms with Crippen LogP contribution in [0.3, 0.4) is 0 Å². The van der Waals surface area contributed by atoms with Crippen molar-refractivity contribution in [1.29, 1.82) is 0 Å². The van der Waals surface area contributed by atoms with Crippen LogP contribution in [-0.4, -0.2) is 18.3 Å². The van der Waals surface area contributed by atoms with Crippen LogP contribution in [0.2, 0.25) is 0 Å². The van der Waals surface area contributed by atoms with Crippen molar-refractivity contribution in [3.8, 4) is 11.5 Å². The van der Waals surface area contributed by atoms with E-state index in [4.69, 9.17) is 13.9 Å². The quantitative estimate of drug-likeness (QED) is 0.800.